The number of benzene rings is 2. The van der Waals surface area contributed by atoms with Gasteiger partial charge in [-0.15, -0.1) is 0 Å². The van der Waals surface area contributed by atoms with E-state index in [1.54, 1.807) is 12.1 Å². The highest BCUT2D eigenvalue weighted by molar-refractivity contribution is 6.76. The molecule has 0 aliphatic carbocycles. The Labute approximate surface area is 138 Å². The van der Waals surface area contributed by atoms with E-state index in [0.717, 1.165) is 29.3 Å². The molecule has 2 rings (SSSR count). The Morgan fingerprint density at radius 3 is 2.39 bits per heavy atom. The number of hydrogen-bond donors (Lipinski definition) is 1. The van der Waals surface area contributed by atoms with Crippen molar-refractivity contribution in [1.29, 1.82) is 0 Å². The summed E-state index contributed by atoms with van der Waals surface area (Å²) in [5.41, 5.74) is 2.35. The van der Waals surface area contributed by atoms with E-state index < -0.39 is 14.0 Å². The number of carboxylic acids is 1. The summed E-state index contributed by atoms with van der Waals surface area (Å²) in [5, 5.41) is 9.36. The highest BCUT2D eigenvalue weighted by Gasteiger charge is 2.17. The van der Waals surface area contributed by atoms with Crippen LogP contribution < -0.4 is 4.74 Å². The third kappa shape index (κ3) is 5.56. The van der Waals surface area contributed by atoms with Gasteiger partial charge < -0.3 is 9.84 Å². The normalized spacial score (nSPS) is 11.3. The van der Waals surface area contributed by atoms with Gasteiger partial charge in [-0.2, -0.15) is 0 Å². The van der Waals surface area contributed by atoms with E-state index >= 15 is 0 Å². The van der Waals surface area contributed by atoms with Crippen molar-refractivity contribution in [3.05, 3.63) is 65.2 Å². The van der Waals surface area contributed by atoms with E-state index in [9.17, 15) is 9.90 Å². The van der Waals surface area contributed by atoms with E-state index in [-0.39, 0.29) is 0 Å². The van der Waals surface area contributed by atoms with E-state index in [0.29, 0.717) is 12.2 Å². The van der Waals surface area contributed by atoms with Crippen molar-refractivity contribution in [2.75, 3.05) is 0 Å². The largest absolute Gasteiger partial charge is 0.489 e. The first-order chi connectivity index (χ1) is 10.8. The van der Waals surface area contributed by atoms with Crippen molar-refractivity contribution in [1.82, 2.24) is 0 Å². The van der Waals surface area contributed by atoms with Crippen LogP contribution in [-0.2, 0) is 13.0 Å². The molecule has 0 bridgehead atoms. The molecule has 0 saturated heterocycles. The van der Waals surface area contributed by atoms with Crippen LogP contribution in [0.25, 0.3) is 0 Å². The van der Waals surface area contributed by atoms with Gasteiger partial charge >= 0.3 is 5.97 Å². The molecule has 0 aromatic heterocycles. The topological polar surface area (TPSA) is 46.5 Å². The molecule has 0 fully saturated rings. The van der Waals surface area contributed by atoms with Gasteiger partial charge in [0.15, 0.2) is 0 Å². The van der Waals surface area contributed by atoms with Gasteiger partial charge in [-0.1, -0.05) is 56.0 Å². The Bertz CT molecular complexity index is 660. The standard InChI is InChI=1S/C19H24O3Si/c1-23(2,3)12-11-16-13-17(9-10-18(16)19(20)21)22-14-15-7-5-4-6-8-15/h4-10,13H,11-12,14H2,1-3H3,(H,20,21). The lowest BCUT2D eigenvalue weighted by Gasteiger charge is -2.17. The lowest BCUT2D eigenvalue weighted by Crippen LogP contribution is -2.20. The van der Waals surface area contributed by atoms with Gasteiger partial charge in [0.1, 0.15) is 12.4 Å². The summed E-state index contributed by atoms with van der Waals surface area (Å²) < 4.78 is 5.82. The Kier molecular flexibility index (Phi) is 5.61. The van der Waals surface area contributed by atoms with Crippen LogP contribution in [0.2, 0.25) is 25.7 Å². The molecule has 0 unspecified atom stereocenters. The fourth-order valence-corrected chi connectivity index (χ4v) is 3.35. The van der Waals surface area contributed by atoms with Gasteiger partial charge in [0.25, 0.3) is 0 Å². The number of ether oxygens (including phenoxy) is 1. The zero-order valence-electron chi connectivity index (χ0n) is 14.0. The second-order valence-electron chi connectivity index (χ2n) is 6.96. The van der Waals surface area contributed by atoms with Gasteiger partial charge in [-0.05, 0) is 35.7 Å². The van der Waals surface area contributed by atoms with Crippen LogP contribution in [0.15, 0.2) is 48.5 Å². The Balaban J connectivity index is 2.13. The summed E-state index contributed by atoms with van der Waals surface area (Å²) in [5.74, 6) is -0.144. The van der Waals surface area contributed by atoms with Crippen LogP contribution in [0, 0.1) is 0 Å². The maximum absolute atomic E-state index is 11.4. The van der Waals surface area contributed by atoms with Crippen molar-refractivity contribution in [2.45, 2.75) is 38.7 Å². The quantitative estimate of drug-likeness (QED) is 0.739. The fraction of sp³-hybridized carbons (Fsp3) is 0.316. The van der Waals surface area contributed by atoms with Crippen LogP contribution in [0.5, 0.6) is 5.75 Å². The molecule has 2 aromatic rings. The van der Waals surface area contributed by atoms with Crippen LogP contribution in [0.4, 0.5) is 0 Å². The maximum Gasteiger partial charge on any atom is 0.335 e. The molecule has 0 saturated carbocycles. The van der Waals surface area contributed by atoms with Gasteiger partial charge in [0.2, 0.25) is 0 Å². The van der Waals surface area contributed by atoms with E-state index in [1.165, 1.54) is 0 Å². The lowest BCUT2D eigenvalue weighted by molar-refractivity contribution is 0.0695. The molecule has 0 radical (unpaired) electrons. The van der Waals surface area contributed by atoms with Crippen molar-refractivity contribution in [2.24, 2.45) is 0 Å². The predicted octanol–water partition coefficient (Wildman–Crippen LogP) is 4.84. The molecule has 1 N–H and O–H groups in total. The fourth-order valence-electron chi connectivity index (χ4n) is 2.33. The first kappa shape index (κ1) is 17.3. The molecule has 0 atom stereocenters. The molecule has 2 aromatic carbocycles. The van der Waals surface area contributed by atoms with Crippen LogP contribution in [-0.4, -0.2) is 19.1 Å². The third-order valence-electron chi connectivity index (χ3n) is 3.70. The molecule has 122 valence electrons. The summed E-state index contributed by atoms with van der Waals surface area (Å²) in [6.45, 7) is 7.37. The van der Waals surface area contributed by atoms with Crippen molar-refractivity contribution >= 4 is 14.0 Å². The third-order valence-corrected chi connectivity index (χ3v) is 5.45. The highest BCUT2D eigenvalue weighted by Crippen LogP contribution is 2.23. The van der Waals surface area contributed by atoms with Crippen LogP contribution in [0.1, 0.15) is 21.5 Å². The molecule has 0 aliphatic rings. The molecule has 0 heterocycles. The summed E-state index contributed by atoms with van der Waals surface area (Å²) in [7, 11) is -1.22. The molecular weight excluding hydrogens is 304 g/mol. The molecule has 0 amide bonds. The molecule has 3 nitrogen and oxygen atoms in total. The summed E-state index contributed by atoms with van der Waals surface area (Å²) >= 11 is 0. The lowest BCUT2D eigenvalue weighted by atomic mass is 10.0. The van der Waals surface area contributed by atoms with Gasteiger partial charge in [-0.25, -0.2) is 4.79 Å². The first-order valence-corrected chi connectivity index (χ1v) is 11.6. The van der Waals surface area contributed by atoms with E-state index in [4.69, 9.17) is 4.74 Å². The van der Waals surface area contributed by atoms with Crippen LogP contribution in [0.3, 0.4) is 0 Å². The Hall–Kier alpha value is -2.07. The average Bonchev–Trinajstić information content (AvgIpc) is 2.51. The molecule has 0 spiro atoms. The van der Waals surface area contributed by atoms with Crippen molar-refractivity contribution in [3.8, 4) is 5.75 Å². The van der Waals surface area contributed by atoms with Gasteiger partial charge in [0.05, 0.1) is 5.56 Å². The zero-order valence-corrected chi connectivity index (χ0v) is 15.0. The van der Waals surface area contributed by atoms with Crippen molar-refractivity contribution < 1.29 is 14.6 Å². The van der Waals surface area contributed by atoms with E-state index in [1.807, 2.05) is 36.4 Å². The minimum absolute atomic E-state index is 0.385. The maximum atomic E-state index is 11.4. The molecule has 4 heteroatoms. The SMILES string of the molecule is C[Si](C)(C)CCc1cc(OCc2ccccc2)ccc1C(=O)O. The van der Waals surface area contributed by atoms with Gasteiger partial charge in [0, 0.05) is 8.07 Å². The second kappa shape index (κ2) is 7.46. The van der Waals surface area contributed by atoms with Crippen molar-refractivity contribution in [3.63, 3.8) is 0 Å². The number of rotatable bonds is 7. The van der Waals surface area contributed by atoms with Gasteiger partial charge in [-0.3, -0.25) is 0 Å². The number of aromatic carboxylic acids is 1. The summed E-state index contributed by atoms with van der Waals surface area (Å²) in [6.07, 6.45) is 0.792. The molecular formula is C19H24O3Si. The molecule has 23 heavy (non-hydrogen) atoms. The minimum atomic E-state index is -1.22. The Morgan fingerprint density at radius 2 is 1.78 bits per heavy atom. The van der Waals surface area contributed by atoms with E-state index in [2.05, 4.69) is 19.6 Å². The number of hydrogen-bond acceptors (Lipinski definition) is 2. The molecule has 0 aliphatic heterocycles. The monoisotopic (exact) mass is 328 g/mol. The first-order valence-electron chi connectivity index (χ1n) is 7.88. The second-order valence-corrected chi connectivity index (χ2v) is 12.6. The smallest absolute Gasteiger partial charge is 0.335 e. The number of aryl methyl sites for hydroxylation is 1. The number of carboxylic acid groups (broad SMARTS) is 1. The predicted molar refractivity (Wildman–Crippen MR) is 96.0 cm³/mol. The number of carbonyl (C=O) groups is 1. The minimum Gasteiger partial charge on any atom is -0.489 e. The Morgan fingerprint density at radius 1 is 1.09 bits per heavy atom. The summed E-state index contributed by atoms with van der Waals surface area (Å²) in [4.78, 5) is 11.4. The highest BCUT2D eigenvalue weighted by atomic mass is 28.3. The average molecular weight is 328 g/mol. The van der Waals surface area contributed by atoms with Crippen LogP contribution >= 0.6 is 0 Å². The zero-order chi connectivity index (χ0) is 16.9. The summed E-state index contributed by atoms with van der Waals surface area (Å²) in [6, 6.07) is 16.3.